The monoisotopic (exact) mass is 435 g/mol. The van der Waals surface area contributed by atoms with E-state index in [1.165, 1.54) is 5.56 Å². The van der Waals surface area contributed by atoms with Crippen LogP contribution in [0, 0.1) is 0 Å². The minimum atomic E-state index is -0.452. The molecule has 168 valence electrons. The van der Waals surface area contributed by atoms with E-state index in [-0.39, 0.29) is 11.5 Å². The molecule has 0 aliphatic carbocycles. The first-order valence-corrected chi connectivity index (χ1v) is 11.1. The molecular formula is C25H29N3O4. The molecule has 0 N–H and O–H groups in total. The Morgan fingerprint density at radius 3 is 2.31 bits per heavy atom. The third-order valence-electron chi connectivity index (χ3n) is 5.71. The van der Waals surface area contributed by atoms with Crippen LogP contribution in [0.3, 0.4) is 0 Å². The van der Waals surface area contributed by atoms with E-state index in [9.17, 15) is 9.59 Å². The fourth-order valence-electron chi connectivity index (χ4n) is 3.84. The molecule has 1 amide bonds. The Kier molecular flexibility index (Phi) is 7.53. The number of rotatable bonds is 6. The zero-order chi connectivity index (χ0) is 22.2. The highest BCUT2D eigenvalue weighted by atomic mass is 16.6. The average molecular weight is 436 g/mol. The van der Waals surface area contributed by atoms with Gasteiger partial charge in [0.2, 0.25) is 0 Å². The van der Waals surface area contributed by atoms with Crippen molar-refractivity contribution in [3.63, 3.8) is 0 Å². The van der Waals surface area contributed by atoms with E-state index in [1.54, 1.807) is 35.2 Å². The van der Waals surface area contributed by atoms with Gasteiger partial charge in [-0.1, -0.05) is 42.5 Å². The van der Waals surface area contributed by atoms with Gasteiger partial charge in [-0.15, -0.1) is 0 Å². The summed E-state index contributed by atoms with van der Waals surface area (Å²) in [6.07, 6.45) is 2.96. The molecule has 2 aliphatic heterocycles. The molecule has 0 unspecified atom stereocenters. The van der Waals surface area contributed by atoms with E-state index < -0.39 is 6.09 Å². The molecule has 0 radical (unpaired) electrons. The molecule has 32 heavy (non-hydrogen) atoms. The van der Waals surface area contributed by atoms with Crippen LogP contribution in [0.25, 0.3) is 0 Å². The Balaban J connectivity index is 1.30. The van der Waals surface area contributed by atoms with Crippen molar-refractivity contribution in [1.29, 1.82) is 0 Å². The second-order valence-corrected chi connectivity index (χ2v) is 7.94. The summed E-state index contributed by atoms with van der Waals surface area (Å²) in [5.74, 6) is 0.105. The van der Waals surface area contributed by atoms with E-state index in [2.05, 4.69) is 34.1 Å². The number of carbonyl (C=O) groups excluding carboxylic acids is 2. The highest BCUT2D eigenvalue weighted by Gasteiger charge is 2.21. The smallest absolute Gasteiger partial charge is 0.409 e. The molecule has 0 bridgehead atoms. The predicted molar refractivity (Wildman–Crippen MR) is 122 cm³/mol. The largest absolute Gasteiger partial charge is 0.415 e. The van der Waals surface area contributed by atoms with Gasteiger partial charge in [0.05, 0.1) is 18.8 Å². The van der Waals surface area contributed by atoms with Crippen molar-refractivity contribution in [2.45, 2.75) is 6.54 Å². The van der Waals surface area contributed by atoms with Crippen LogP contribution in [0.5, 0.6) is 5.75 Å². The Hall–Kier alpha value is -3.16. The zero-order valence-electron chi connectivity index (χ0n) is 18.2. The number of piperazine rings is 1. The van der Waals surface area contributed by atoms with E-state index in [1.807, 2.05) is 12.3 Å². The summed E-state index contributed by atoms with van der Waals surface area (Å²) in [7, 11) is 0. The number of hydrogen-bond acceptors (Lipinski definition) is 6. The van der Waals surface area contributed by atoms with Crippen LogP contribution >= 0.6 is 0 Å². The lowest BCUT2D eigenvalue weighted by Gasteiger charge is -2.34. The van der Waals surface area contributed by atoms with Crippen LogP contribution < -0.4 is 4.74 Å². The predicted octanol–water partition coefficient (Wildman–Crippen LogP) is 3.03. The standard InChI is InChI=1S/C25H29N3O4/c29-23(10-11-26-12-14-27(15-13-26)20-21-6-2-1-3-7-21)22-8-4-5-9-24(22)32-25(30)28-16-18-31-19-17-28/h1-11H,12-20H2. The maximum absolute atomic E-state index is 12.8. The summed E-state index contributed by atoms with van der Waals surface area (Å²) in [6.45, 7) is 6.54. The van der Waals surface area contributed by atoms with Crippen LogP contribution in [0.2, 0.25) is 0 Å². The van der Waals surface area contributed by atoms with Crippen LogP contribution in [-0.4, -0.2) is 79.1 Å². The van der Waals surface area contributed by atoms with Gasteiger partial charge in [-0.25, -0.2) is 4.79 Å². The molecule has 2 aromatic rings. The number of para-hydroxylation sites is 1. The van der Waals surface area contributed by atoms with Gasteiger partial charge < -0.3 is 19.3 Å². The summed E-state index contributed by atoms with van der Waals surface area (Å²) in [5, 5.41) is 0. The number of ether oxygens (including phenoxy) is 2. The molecule has 2 aromatic carbocycles. The summed E-state index contributed by atoms with van der Waals surface area (Å²) in [6, 6.07) is 17.3. The van der Waals surface area contributed by atoms with Crippen molar-refractivity contribution in [2.24, 2.45) is 0 Å². The van der Waals surface area contributed by atoms with E-state index in [0.717, 1.165) is 32.7 Å². The molecule has 2 saturated heterocycles. The molecule has 0 saturated carbocycles. The average Bonchev–Trinajstić information content (AvgIpc) is 2.85. The maximum atomic E-state index is 12.8. The third kappa shape index (κ3) is 5.96. The van der Waals surface area contributed by atoms with Crippen molar-refractivity contribution in [3.05, 3.63) is 78.0 Å². The minimum Gasteiger partial charge on any atom is -0.409 e. The number of nitrogens with zero attached hydrogens (tertiary/aromatic N) is 3. The van der Waals surface area contributed by atoms with Crippen molar-refractivity contribution >= 4 is 11.9 Å². The van der Waals surface area contributed by atoms with Gasteiger partial charge in [0.15, 0.2) is 5.78 Å². The zero-order valence-corrected chi connectivity index (χ0v) is 18.2. The van der Waals surface area contributed by atoms with Crippen LogP contribution in [0.15, 0.2) is 66.9 Å². The first-order valence-electron chi connectivity index (χ1n) is 11.1. The number of benzene rings is 2. The van der Waals surface area contributed by atoms with Gasteiger partial charge in [-0.05, 0) is 17.7 Å². The molecule has 0 spiro atoms. The normalized spacial score (nSPS) is 17.5. The maximum Gasteiger partial charge on any atom is 0.415 e. The van der Waals surface area contributed by atoms with Crippen molar-refractivity contribution < 1.29 is 19.1 Å². The van der Waals surface area contributed by atoms with Crippen molar-refractivity contribution in [2.75, 3.05) is 52.5 Å². The second-order valence-electron chi connectivity index (χ2n) is 7.94. The molecule has 2 aliphatic rings. The van der Waals surface area contributed by atoms with Gasteiger partial charge in [0, 0.05) is 58.1 Å². The fraction of sp³-hybridized carbons (Fsp3) is 0.360. The van der Waals surface area contributed by atoms with E-state index >= 15 is 0 Å². The van der Waals surface area contributed by atoms with Crippen LogP contribution in [-0.2, 0) is 11.3 Å². The Labute approximate surface area is 188 Å². The summed E-state index contributed by atoms with van der Waals surface area (Å²) in [4.78, 5) is 31.4. The molecule has 0 atom stereocenters. The molecule has 2 heterocycles. The molecule has 2 fully saturated rings. The first-order chi connectivity index (χ1) is 15.7. The summed E-state index contributed by atoms with van der Waals surface area (Å²) >= 11 is 0. The van der Waals surface area contributed by atoms with E-state index in [0.29, 0.717) is 31.9 Å². The van der Waals surface area contributed by atoms with Gasteiger partial charge in [-0.2, -0.15) is 0 Å². The lowest BCUT2D eigenvalue weighted by atomic mass is 10.1. The Morgan fingerprint density at radius 2 is 1.56 bits per heavy atom. The van der Waals surface area contributed by atoms with Crippen LogP contribution in [0.4, 0.5) is 4.79 Å². The number of amides is 1. The molecule has 4 rings (SSSR count). The van der Waals surface area contributed by atoms with Gasteiger partial charge in [-0.3, -0.25) is 9.69 Å². The van der Waals surface area contributed by atoms with E-state index in [4.69, 9.17) is 9.47 Å². The fourth-order valence-corrected chi connectivity index (χ4v) is 3.84. The number of allylic oxidation sites excluding steroid dienone is 1. The highest BCUT2D eigenvalue weighted by Crippen LogP contribution is 2.20. The Morgan fingerprint density at radius 1 is 0.875 bits per heavy atom. The first kappa shape index (κ1) is 22.0. The minimum absolute atomic E-state index is 0.179. The third-order valence-corrected chi connectivity index (χ3v) is 5.71. The highest BCUT2D eigenvalue weighted by molar-refractivity contribution is 6.06. The molecule has 7 heteroatoms. The lowest BCUT2D eigenvalue weighted by molar-refractivity contribution is 0.0415. The lowest BCUT2D eigenvalue weighted by Crippen LogP contribution is -2.43. The molecular weight excluding hydrogens is 406 g/mol. The number of hydrogen-bond donors (Lipinski definition) is 0. The number of ketones is 1. The van der Waals surface area contributed by atoms with Gasteiger partial charge in [0.25, 0.3) is 0 Å². The Bertz CT molecular complexity index is 933. The van der Waals surface area contributed by atoms with Crippen molar-refractivity contribution in [3.8, 4) is 5.75 Å². The van der Waals surface area contributed by atoms with Gasteiger partial charge >= 0.3 is 6.09 Å². The number of morpholine rings is 1. The number of carbonyl (C=O) groups is 2. The van der Waals surface area contributed by atoms with Crippen LogP contribution in [0.1, 0.15) is 15.9 Å². The summed E-state index contributed by atoms with van der Waals surface area (Å²) in [5.41, 5.74) is 1.70. The van der Waals surface area contributed by atoms with Crippen molar-refractivity contribution in [1.82, 2.24) is 14.7 Å². The second kappa shape index (κ2) is 10.9. The summed E-state index contributed by atoms with van der Waals surface area (Å²) < 4.78 is 10.8. The SMILES string of the molecule is O=C(C=CN1CCN(Cc2ccccc2)CC1)c1ccccc1OC(=O)N1CCOCC1. The topological polar surface area (TPSA) is 62.3 Å². The quantitative estimate of drug-likeness (QED) is 0.514. The molecule has 7 nitrogen and oxygen atoms in total. The molecule has 0 aromatic heterocycles. The van der Waals surface area contributed by atoms with Gasteiger partial charge in [0.1, 0.15) is 5.75 Å².